The highest BCUT2D eigenvalue weighted by molar-refractivity contribution is 5.72. The number of benzene rings is 1. The van der Waals surface area contributed by atoms with E-state index >= 15 is 0 Å². The molecule has 126 valence electrons. The Labute approximate surface area is 131 Å². The number of carbonyl (C=O) groups excluding carboxylic acids is 1. The van der Waals surface area contributed by atoms with Crippen LogP contribution in [0.2, 0.25) is 0 Å². The molecule has 0 saturated carbocycles. The lowest BCUT2D eigenvalue weighted by molar-refractivity contribution is -0.385. The van der Waals surface area contributed by atoms with Crippen LogP contribution in [0, 0.1) is 15.9 Å². The molecule has 0 aliphatic carbocycles. The standard InChI is InChI=1S/C14H17FN2O6/c1-14(2,3)23-13(20)16-10(7-12(18)19)9-6-8(15)4-5-11(9)17(21)22/h4-6,10H,7H2,1-3H3,(H,16,20)(H,18,19)/t10-/m0/s1. The van der Waals surface area contributed by atoms with Gasteiger partial charge >= 0.3 is 12.1 Å². The van der Waals surface area contributed by atoms with Crippen molar-refractivity contribution in [1.82, 2.24) is 5.32 Å². The Morgan fingerprint density at radius 2 is 2.04 bits per heavy atom. The Bertz CT molecular complexity index is 626. The number of amides is 1. The third-order valence-corrected chi connectivity index (χ3v) is 2.63. The minimum Gasteiger partial charge on any atom is -0.481 e. The van der Waals surface area contributed by atoms with Gasteiger partial charge in [0.05, 0.1) is 22.9 Å². The summed E-state index contributed by atoms with van der Waals surface area (Å²) in [4.78, 5) is 33.0. The molecule has 8 nitrogen and oxygen atoms in total. The summed E-state index contributed by atoms with van der Waals surface area (Å²) in [7, 11) is 0. The highest BCUT2D eigenvalue weighted by Crippen LogP contribution is 2.28. The van der Waals surface area contributed by atoms with Gasteiger partial charge in [-0.25, -0.2) is 9.18 Å². The van der Waals surface area contributed by atoms with Gasteiger partial charge in [-0.2, -0.15) is 0 Å². The molecule has 0 fully saturated rings. The summed E-state index contributed by atoms with van der Waals surface area (Å²) in [5.74, 6) is -2.10. The van der Waals surface area contributed by atoms with Crippen LogP contribution in [-0.2, 0) is 9.53 Å². The lowest BCUT2D eigenvalue weighted by atomic mass is 10.0. The molecule has 1 aromatic carbocycles. The average Bonchev–Trinajstić information content (AvgIpc) is 2.34. The number of carbonyl (C=O) groups is 2. The van der Waals surface area contributed by atoms with Crippen LogP contribution in [0.5, 0.6) is 0 Å². The fourth-order valence-electron chi connectivity index (χ4n) is 1.83. The second kappa shape index (κ2) is 7.03. The van der Waals surface area contributed by atoms with Crippen molar-refractivity contribution in [3.05, 3.63) is 39.7 Å². The predicted molar refractivity (Wildman–Crippen MR) is 77.4 cm³/mol. The molecule has 0 aliphatic heterocycles. The molecule has 0 unspecified atom stereocenters. The number of rotatable bonds is 5. The molecule has 23 heavy (non-hydrogen) atoms. The van der Waals surface area contributed by atoms with Gasteiger partial charge in [0.2, 0.25) is 0 Å². The number of hydrogen-bond acceptors (Lipinski definition) is 5. The minimum atomic E-state index is -1.32. The largest absolute Gasteiger partial charge is 0.481 e. The number of nitro groups is 1. The van der Waals surface area contributed by atoms with Crippen molar-refractivity contribution in [2.45, 2.75) is 38.8 Å². The van der Waals surface area contributed by atoms with Gasteiger partial charge in [-0.05, 0) is 32.9 Å². The lowest BCUT2D eigenvalue weighted by Gasteiger charge is -2.23. The Morgan fingerprint density at radius 1 is 1.43 bits per heavy atom. The van der Waals surface area contributed by atoms with Crippen molar-refractivity contribution in [1.29, 1.82) is 0 Å². The first-order valence-electron chi connectivity index (χ1n) is 6.65. The van der Waals surface area contributed by atoms with Crippen LogP contribution in [0.1, 0.15) is 38.8 Å². The molecule has 0 radical (unpaired) electrons. The maximum Gasteiger partial charge on any atom is 0.408 e. The van der Waals surface area contributed by atoms with Gasteiger partial charge in [0.15, 0.2) is 0 Å². The zero-order chi connectivity index (χ0) is 17.8. The van der Waals surface area contributed by atoms with Crippen molar-refractivity contribution in [2.75, 3.05) is 0 Å². The van der Waals surface area contributed by atoms with E-state index in [9.17, 15) is 24.1 Å². The molecule has 2 N–H and O–H groups in total. The van der Waals surface area contributed by atoms with E-state index in [2.05, 4.69) is 5.32 Å². The van der Waals surface area contributed by atoms with Gasteiger partial charge < -0.3 is 15.2 Å². The Balaban J connectivity index is 3.17. The lowest BCUT2D eigenvalue weighted by Crippen LogP contribution is -2.36. The smallest absolute Gasteiger partial charge is 0.408 e. The maximum atomic E-state index is 13.4. The van der Waals surface area contributed by atoms with Crippen LogP contribution in [0.4, 0.5) is 14.9 Å². The molecular weight excluding hydrogens is 311 g/mol. The number of nitro benzene ring substituents is 1. The van der Waals surface area contributed by atoms with Crippen LogP contribution in [-0.4, -0.2) is 27.7 Å². The van der Waals surface area contributed by atoms with Gasteiger partial charge in [-0.1, -0.05) is 0 Å². The zero-order valence-electron chi connectivity index (χ0n) is 12.8. The summed E-state index contributed by atoms with van der Waals surface area (Å²) in [6.45, 7) is 4.80. The van der Waals surface area contributed by atoms with Gasteiger partial charge in [0, 0.05) is 6.07 Å². The Kier molecular flexibility index (Phi) is 5.61. The monoisotopic (exact) mass is 328 g/mol. The normalized spacial score (nSPS) is 12.3. The van der Waals surface area contributed by atoms with E-state index in [1.165, 1.54) is 0 Å². The van der Waals surface area contributed by atoms with Crippen molar-refractivity contribution < 1.29 is 28.7 Å². The number of aliphatic carboxylic acids is 1. The first kappa shape index (κ1) is 18.3. The fraction of sp³-hybridized carbons (Fsp3) is 0.429. The van der Waals surface area contributed by atoms with Gasteiger partial charge in [0.25, 0.3) is 5.69 Å². The Hall–Kier alpha value is -2.71. The fourth-order valence-corrected chi connectivity index (χ4v) is 1.83. The molecule has 0 bridgehead atoms. The molecule has 1 rings (SSSR count). The predicted octanol–water partition coefficient (Wildman–Crippen LogP) is 2.77. The summed E-state index contributed by atoms with van der Waals surface area (Å²) in [5, 5.41) is 22.2. The summed E-state index contributed by atoms with van der Waals surface area (Å²) in [6, 6.07) is 1.31. The molecule has 0 saturated heterocycles. The van der Waals surface area contributed by atoms with Gasteiger partial charge in [-0.3, -0.25) is 14.9 Å². The van der Waals surface area contributed by atoms with E-state index in [0.29, 0.717) is 0 Å². The number of carboxylic acid groups (broad SMARTS) is 1. The number of ether oxygens (including phenoxy) is 1. The number of nitrogens with one attached hydrogen (secondary N) is 1. The molecule has 0 heterocycles. The van der Waals surface area contributed by atoms with E-state index in [0.717, 1.165) is 18.2 Å². The number of halogens is 1. The number of carboxylic acids is 1. The highest BCUT2D eigenvalue weighted by atomic mass is 19.1. The van der Waals surface area contributed by atoms with Crippen LogP contribution in [0.15, 0.2) is 18.2 Å². The summed E-state index contributed by atoms with van der Waals surface area (Å²) in [6.07, 6.45) is -1.62. The van der Waals surface area contributed by atoms with E-state index in [-0.39, 0.29) is 5.56 Å². The average molecular weight is 328 g/mol. The quantitative estimate of drug-likeness (QED) is 0.633. The summed E-state index contributed by atoms with van der Waals surface area (Å²) >= 11 is 0. The maximum absolute atomic E-state index is 13.4. The third-order valence-electron chi connectivity index (χ3n) is 2.63. The molecule has 0 aromatic heterocycles. The molecule has 1 aromatic rings. The number of hydrogen-bond donors (Lipinski definition) is 2. The van der Waals surface area contributed by atoms with Gasteiger partial charge in [-0.15, -0.1) is 0 Å². The molecule has 1 amide bonds. The summed E-state index contributed by atoms with van der Waals surface area (Å²) < 4.78 is 18.4. The zero-order valence-corrected chi connectivity index (χ0v) is 12.8. The van der Waals surface area contributed by atoms with E-state index in [1.807, 2.05) is 0 Å². The number of nitrogens with zero attached hydrogens (tertiary/aromatic N) is 1. The van der Waals surface area contributed by atoms with Crippen LogP contribution >= 0.6 is 0 Å². The first-order chi connectivity index (χ1) is 10.5. The van der Waals surface area contributed by atoms with Crippen LogP contribution < -0.4 is 5.32 Å². The molecule has 1 atom stereocenters. The van der Waals surface area contributed by atoms with Crippen molar-refractivity contribution in [2.24, 2.45) is 0 Å². The van der Waals surface area contributed by atoms with Crippen molar-refractivity contribution >= 4 is 17.7 Å². The van der Waals surface area contributed by atoms with Crippen molar-refractivity contribution in [3.63, 3.8) is 0 Å². The van der Waals surface area contributed by atoms with E-state index < -0.39 is 46.6 Å². The van der Waals surface area contributed by atoms with Gasteiger partial charge in [0.1, 0.15) is 11.4 Å². The first-order valence-corrected chi connectivity index (χ1v) is 6.65. The van der Waals surface area contributed by atoms with E-state index in [4.69, 9.17) is 9.84 Å². The molecular formula is C14H17FN2O6. The second-order valence-electron chi connectivity index (χ2n) is 5.76. The third kappa shape index (κ3) is 5.89. The van der Waals surface area contributed by atoms with Crippen LogP contribution in [0.25, 0.3) is 0 Å². The molecule has 9 heteroatoms. The summed E-state index contributed by atoms with van der Waals surface area (Å²) in [5.41, 5.74) is -1.58. The topological polar surface area (TPSA) is 119 Å². The van der Waals surface area contributed by atoms with Crippen molar-refractivity contribution in [3.8, 4) is 0 Å². The minimum absolute atomic E-state index is 0.247. The molecule has 0 aliphatic rings. The number of alkyl carbamates (subject to hydrolysis) is 1. The van der Waals surface area contributed by atoms with Crippen LogP contribution in [0.3, 0.4) is 0 Å². The Morgan fingerprint density at radius 3 is 2.52 bits per heavy atom. The van der Waals surface area contributed by atoms with E-state index in [1.54, 1.807) is 20.8 Å². The molecule has 0 spiro atoms. The SMILES string of the molecule is CC(C)(C)OC(=O)N[C@@H](CC(=O)O)c1cc(F)ccc1[N+](=O)[O-]. The second-order valence-corrected chi connectivity index (χ2v) is 5.76. The highest BCUT2D eigenvalue weighted by Gasteiger charge is 2.28.